The molecular weight excluding hydrogens is 477 g/mol. The van der Waals surface area contributed by atoms with E-state index in [2.05, 4.69) is 4.98 Å². The number of carbonyl (C=O) groups is 1. The summed E-state index contributed by atoms with van der Waals surface area (Å²) < 4.78 is 25.0. The zero-order valence-corrected chi connectivity index (χ0v) is 18.1. The molecule has 1 radical (unpaired) electrons. The fourth-order valence-electron chi connectivity index (χ4n) is 2.40. The van der Waals surface area contributed by atoms with Crippen LogP contribution in [0.3, 0.4) is 0 Å². The van der Waals surface area contributed by atoms with Gasteiger partial charge < -0.3 is 24.2 Å². The summed E-state index contributed by atoms with van der Waals surface area (Å²) in [5.41, 5.74) is 7.07. The van der Waals surface area contributed by atoms with Gasteiger partial charge in [0.05, 0.1) is 0 Å². The van der Waals surface area contributed by atoms with Crippen LogP contribution >= 0.6 is 0 Å². The third kappa shape index (κ3) is 5.21. The molecule has 0 unspecified atom stereocenters. The number of para-hydroxylation sites is 1. The molecule has 3 rings (SSSR count). The Kier molecular flexibility index (Phi) is 7.22. The molecule has 27 heavy (non-hydrogen) atoms. The topological polar surface area (TPSA) is 156 Å². The first-order valence-electron chi connectivity index (χ1n) is 7.76. The van der Waals surface area contributed by atoms with Crippen molar-refractivity contribution in [3.8, 4) is 0 Å². The Morgan fingerprint density at radius 3 is 2.63 bits per heavy atom. The summed E-state index contributed by atoms with van der Waals surface area (Å²) >= 11 is -0.501. The van der Waals surface area contributed by atoms with E-state index in [4.69, 9.17) is 10.8 Å². The van der Waals surface area contributed by atoms with Crippen LogP contribution in [0.15, 0.2) is 52.1 Å². The molecule has 0 amide bonds. The van der Waals surface area contributed by atoms with Crippen molar-refractivity contribution in [2.45, 2.75) is 15.5 Å². The Labute approximate surface area is 167 Å². The van der Waals surface area contributed by atoms with Crippen LogP contribution in [-0.2, 0) is 30.3 Å². The summed E-state index contributed by atoms with van der Waals surface area (Å²) in [4.78, 5) is 21.3. The van der Waals surface area contributed by atoms with Crippen LogP contribution in [0.4, 0.5) is 0 Å². The predicted molar refractivity (Wildman–Crippen MR) is 100 cm³/mol. The van der Waals surface area contributed by atoms with Gasteiger partial charge in [0.2, 0.25) is 0 Å². The van der Waals surface area contributed by atoms with Crippen molar-refractivity contribution >= 4 is 50.5 Å². The number of nitro groups is 1. The minimum atomic E-state index is -2.91. The van der Waals surface area contributed by atoms with Gasteiger partial charge in [-0.2, -0.15) is 0 Å². The number of nitrogens with one attached hydrogen (secondary N) is 1. The second-order valence-corrected chi connectivity index (χ2v) is 10.7. The van der Waals surface area contributed by atoms with E-state index in [1.807, 2.05) is 16.0 Å². The number of hydrogen-bond donors (Lipinski definition) is 3. The molecule has 1 aliphatic rings. The van der Waals surface area contributed by atoms with Crippen LogP contribution in [0.5, 0.6) is 0 Å². The summed E-state index contributed by atoms with van der Waals surface area (Å²) in [5, 5.41) is 19.8. The minimum absolute atomic E-state index is 0.271. The van der Waals surface area contributed by atoms with Gasteiger partial charge in [0.25, 0.3) is 0 Å². The molecule has 0 fully saturated rings. The first-order chi connectivity index (χ1) is 12.8. The Balaban J connectivity index is 0.000000244. The van der Waals surface area contributed by atoms with Gasteiger partial charge in [0, 0.05) is 17.1 Å². The molecule has 1 aromatic carbocycles. The summed E-state index contributed by atoms with van der Waals surface area (Å²) in [7, 11) is -2.91. The van der Waals surface area contributed by atoms with Crippen LogP contribution in [-0.4, -0.2) is 48.8 Å². The predicted octanol–water partition coefficient (Wildman–Crippen LogP) is 1.56. The summed E-state index contributed by atoms with van der Waals surface area (Å²) in [6.45, 7) is 0. The van der Waals surface area contributed by atoms with E-state index in [9.17, 15) is 23.3 Å². The van der Waals surface area contributed by atoms with Crippen LogP contribution in [0.2, 0.25) is 4.18 Å². The second kappa shape index (κ2) is 9.20. The number of rotatable bonds is 5. The average molecular weight is 493 g/mol. The van der Waals surface area contributed by atoms with Gasteiger partial charge in [0.15, 0.2) is 0 Å². The number of benzene rings is 1. The number of aromatic amines is 1. The van der Waals surface area contributed by atoms with E-state index in [1.165, 1.54) is 0 Å². The third-order valence-corrected chi connectivity index (χ3v) is 7.55. The number of aromatic nitrogens is 1. The van der Waals surface area contributed by atoms with E-state index in [0.717, 1.165) is 15.1 Å². The first kappa shape index (κ1) is 21.2. The van der Waals surface area contributed by atoms with Crippen LogP contribution < -0.4 is 5.73 Å². The van der Waals surface area contributed by atoms with Gasteiger partial charge >= 0.3 is 69.8 Å². The molecular formula is C16H16InN3O6S-. The van der Waals surface area contributed by atoms with Gasteiger partial charge in [-0.3, -0.25) is 4.79 Å². The molecule has 2 heterocycles. The van der Waals surface area contributed by atoms with Crippen molar-refractivity contribution in [2.75, 3.05) is 0 Å². The van der Waals surface area contributed by atoms with Crippen molar-refractivity contribution in [3.05, 3.63) is 67.8 Å². The van der Waals surface area contributed by atoms with Crippen molar-refractivity contribution in [1.29, 1.82) is 0 Å². The van der Waals surface area contributed by atoms with Crippen molar-refractivity contribution in [1.82, 2.24) is 4.98 Å². The molecule has 0 spiro atoms. The number of aliphatic carboxylic acids is 1. The fourth-order valence-corrected chi connectivity index (χ4v) is 5.30. The average Bonchev–Trinajstić information content (AvgIpc) is 3.05. The van der Waals surface area contributed by atoms with Crippen LogP contribution in [0, 0.1) is 10.1 Å². The van der Waals surface area contributed by atoms with Gasteiger partial charge in [-0.1, -0.05) is 18.2 Å². The Bertz CT molecular complexity index is 989. The van der Waals surface area contributed by atoms with Crippen LogP contribution in [0.1, 0.15) is 5.56 Å². The van der Waals surface area contributed by atoms with Gasteiger partial charge in [-0.25, -0.2) is 0 Å². The zero-order valence-electron chi connectivity index (χ0n) is 14.0. The quantitative estimate of drug-likeness (QED) is 0.324. The van der Waals surface area contributed by atoms with E-state index in [1.54, 1.807) is 30.5 Å². The normalized spacial score (nSPS) is 15.3. The molecule has 0 aliphatic carbocycles. The maximum atomic E-state index is 11.0. The molecule has 0 bridgehead atoms. The van der Waals surface area contributed by atoms with Gasteiger partial charge in [-0.05, 0) is 28.8 Å². The third-order valence-electron chi connectivity index (χ3n) is 3.86. The maximum absolute atomic E-state index is 11.0. The van der Waals surface area contributed by atoms with Gasteiger partial charge in [0.1, 0.15) is 4.87 Å². The van der Waals surface area contributed by atoms with E-state index >= 15 is 0 Å². The number of carboxylic acids is 1. The molecule has 141 valence electrons. The van der Waals surface area contributed by atoms with Crippen molar-refractivity contribution < 1.29 is 23.2 Å². The van der Waals surface area contributed by atoms with E-state index < -0.39 is 44.5 Å². The Morgan fingerprint density at radius 2 is 2.11 bits per heavy atom. The summed E-state index contributed by atoms with van der Waals surface area (Å²) in [5.74, 6) is -1.57. The van der Waals surface area contributed by atoms with E-state index in [0.29, 0.717) is 5.56 Å². The summed E-state index contributed by atoms with van der Waals surface area (Å²) in [6.07, 6.45) is 4.64. The SMILES string of the molecule is N[C@@](Cc1c[nH]c2ccccc12)(C(=O)O)[S-](=O)=O.O=[N+]([O-])C1=C[CH2][In][CH]=C1. The van der Waals surface area contributed by atoms with Crippen LogP contribution in [0.25, 0.3) is 10.9 Å². The standard InChI is InChI=1S/C11H11N2O4S.C5H5NO2.In/c12-11(10(14)15,18(16)17)5-7-6-13-9-4-2-1-3-8(7)9;1-3-5(4-2)6(7)8;/h1-4,6,13H,5,12H2,(H,14,15);1,3-4H,2H2;/q-1;;/t11-;;/m1../s1. The number of allylic oxidation sites excluding steroid dienone is 2. The first-order valence-corrected chi connectivity index (χ1v) is 13.1. The molecule has 2 aromatic rings. The molecule has 1 aromatic heterocycles. The Morgan fingerprint density at radius 1 is 1.41 bits per heavy atom. The Hall–Kier alpha value is -2.11. The second-order valence-electron chi connectivity index (χ2n) is 5.68. The van der Waals surface area contributed by atoms with Crippen molar-refractivity contribution in [3.63, 3.8) is 0 Å². The molecule has 11 heteroatoms. The van der Waals surface area contributed by atoms with Crippen molar-refractivity contribution in [2.24, 2.45) is 5.73 Å². The number of H-pyrrole nitrogens is 1. The molecule has 1 aliphatic heterocycles. The number of hydrogen-bond acceptors (Lipinski definition) is 7. The number of fused-ring (bicyclic) bond motifs is 1. The van der Waals surface area contributed by atoms with Gasteiger partial charge in [-0.15, -0.1) is 0 Å². The number of carboxylic acid groups (broad SMARTS) is 1. The molecule has 9 nitrogen and oxygen atoms in total. The molecule has 4 N–H and O–H groups in total. The number of nitrogens with two attached hydrogens (primary N) is 1. The zero-order chi connectivity index (χ0) is 20.0. The number of nitrogens with zero attached hydrogens (tertiary/aromatic N) is 1. The summed E-state index contributed by atoms with van der Waals surface area (Å²) in [6, 6.07) is 7.19. The molecule has 0 saturated heterocycles. The monoisotopic (exact) mass is 493 g/mol. The van der Waals surface area contributed by atoms with E-state index in [-0.39, 0.29) is 17.0 Å². The fraction of sp³-hybridized carbons (Fsp3) is 0.188. The molecule has 0 saturated carbocycles. The molecule has 1 atom stereocenters.